The Balaban J connectivity index is 2.92. The van der Waals surface area contributed by atoms with Gasteiger partial charge >= 0.3 is 11.9 Å². The monoisotopic (exact) mass is 328 g/mol. The Morgan fingerprint density at radius 2 is 1.87 bits per heavy atom. The van der Waals surface area contributed by atoms with Crippen molar-refractivity contribution in [3.63, 3.8) is 0 Å². The van der Waals surface area contributed by atoms with Gasteiger partial charge < -0.3 is 25.1 Å². The third-order valence-corrected chi connectivity index (χ3v) is 2.87. The van der Waals surface area contributed by atoms with E-state index >= 15 is 0 Å². The Bertz CT molecular complexity index is 616. The van der Waals surface area contributed by atoms with Crippen molar-refractivity contribution in [3.05, 3.63) is 27.8 Å². The van der Waals surface area contributed by atoms with E-state index in [1.165, 1.54) is 20.3 Å². The lowest BCUT2D eigenvalue weighted by Gasteiger charge is -2.11. The van der Waals surface area contributed by atoms with E-state index < -0.39 is 35.9 Å². The molecule has 0 aliphatic heterocycles. The van der Waals surface area contributed by atoms with E-state index in [-0.39, 0.29) is 22.7 Å². The molecule has 1 aromatic carbocycles. The molecule has 126 valence electrons. The van der Waals surface area contributed by atoms with Crippen molar-refractivity contribution in [2.45, 2.75) is 19.1 Å². The van der Waals surface area contributed by atoms with E-state index in [2.05, 4.69) is 0 Å². The van der Waals surface area contributed by atoms with Crippen LogP contribution in [-0.4, -0.2) is 42.2 Å². The van der Waals surface area contributed by atoms with Crippen LogP contribution in [0.4, 0.5) is 5.69 Å². The number of benzene rings is 1. The van der Waals surface area contributed by atoms with Gasteiger partial charge in [-0.25, -0.2) is 0 Å². The van der Waals surface area contributed by atoms with Gasteiger partial charge in [0.25, 0.3) is 5.69 Å². The van der Waals surface area contributed by atoms with Crippen molar-refractivity contribution in [2.24, 2.45) is 5.73 Å². The average molecular weight is 328 g/mol. The van der Waals surface area contributed by atoms with Crippen LogP contribution >= 0.6 is 0 Å². The standard InChI is InChI=1S/C13H16N2O8/c1-21-10-3-7(9(15(19)20)5-11(10)22-2)6-23-12(16)4-8(14)13(17)18/h3,5,8H,4,6,14H2,1-2H3,(H,17,18)/t8-/m0/s1. The average Bonchev–Trinajstić information content (AvgIpc) is 2.51. The number of hydrogen-bond donors (Lipinski definition) is 2. The fraction of sp³-hybridized carbons (Fsp3) is 0.385. The summed E-state index contributed by atoms with van der Waals surface area (Å²) in [7, 11) is 2.68. The Morgan fingerprint density at radius 1 is 1.30 bits per heavy atom. The van der Waals surface area contributed by atoms with Crippen molar-refractivity contribution in [2.75, 3.05) is 14.2 Å². The minimum absolute atomic E-state index is 0.0740. The summed E-state index contributed by atoms with van der Waals surface area (Å²) in [6, 6.07) is 1.05. The van der Waals surface area contributed by atoms with Crippen LogP contribution in [0.5, 0.6) is 11.5 Å². The lowest BCUT2D eigenvalue weighted by atomic mass is 10.1. The van der Waals surface area contributed by atoms with Crippen LogP contribution in [0.2, 0.25) is 0 Å². The SMILES string of the molecule is COc1cc(COC(=O)C[C@H](N)C(=O)O)c([N+](=O)[O-])cc1OC. The third kappa shape index (κ3) is 4.81. The minimum atomic E-state index is -1.40. The van der Waals surface area contributed by atoms with E-state index in [4.69, 9.17) is 25.1 Å². The summed E-state index contributed by atoms with van der Waals surface area (Å²) in [5.74, 6) is -1.85. The second-order valence-electron chi connectivity index (χ2n) is 4.40. The molecule has 10 heteroatoms. The van der Waals surface area contributed by atoms with Gasteiger partial charge in [0, 0.05) is 0 Å². The van der Waals surface area contributed by atoms with E-state index in [1.807, 2.05) is 0 Å². The number of ether oxygens (including phenoxy) is 3. The fourth-order valence-corrected chi connectivity index (χ4v) is 1.68. The maximum Gasteiger partial charge on any atom is 0.321 e. The first kappa shape index (κ1) is 18.2. The number of esters is 1. The first-order valence-corrected chi connectivity index (χ1v) is 6.33. The molecule has 1 atom stereocenters. The van der Waals surface area contributed by atoms with E-state index in [0.29, 0.717) is 0 Å². The number of hydrogen-bond acceptors (Lipinski definition) is 8. The Hall–Kier alpha value is -2.88. The van der Waals surface area contributed by atoms with Gasteiger partial charge in [-0.1, -0.05) is 0 Å². The molecule has 23 heavy (non-hydrogen) atoms. The number of methoxy groups -OCH3 is 2. The molecule has 0 heterocycles. The smallest absolute Gasteiger partial charge is 0.321 e. The molecule has 3 N–H and O–H groups in total. The first-order valence-electron chi connectivity index (χ1n) is 6.33. The fourth-order valence-electron chi connectivity index (χ4n) is 1.68. The van der Waals surface area contributed by atoms with Crippen molar-refractivity contribution in [3.8, 4) is 11.5 Å². The van der Waals surface area contributed by atoms with E-state index in [1.54, 1.807) is 0 Å². The summed E-state index contributed by atoms with van der Waals surface area (Å²) in [4.78, 5) is 32.5. The second kappa shape index (κ2) is 7.94. The molecule has 1 rings (SSSR count). The molecule has 0 saturated carbocycles. The van der Waals surface area contributed by atoms with Crippen LogP contribution < -0.4 is 15.2 Å². The van der Waals surface area contributed by atoms with Gasteiger partial charge in [-0.2, -0.15) is 0 Å². The molecule has 0 saturated heterocycles. The Morgan fingerprint density at radius 3 is 2.35 bits per heavy atom. The number of carboxylic acid groups (broad SMARTS) is 1. The highest BCUT2D eigenvalue weighted by atomic mass is 16.6. The highest BCUT2D eigenvalue weighted by Gasteiger charge is 2.22. The number of rotatable bonds is 8. The highest BCUT2D eigenvalue weighted by Crippen LogP contribution is 2.34. The summed E-state index contributed by atoms with van der Waals surface area (Å²) < 4.78 is 14.8. The van der Waals surface area contributed by atoms with Gasteiger partial charge in [-0.05, 0) is 6.07 Å². The quantitative estimate of drug-likeness (QED) is 0.393. The zero-order valence-corrected chi connectivity index (χ0v) is 12.5. The number of nitrogens with two attached hydrogens (primary N) is 1. The van der Waals surface area contributed by atoms with Crippen LogP contribution in [0.25, 0.3) is 0 Å². The van der Waals surface area contributed by atoms with Gasteiger partial charge in [0.15, 0.2) is 11.5 Å². The molecular weight excluding hydrogens is 312 g/mol. The number of carbonyl (C=O) groups excluding carboxylic acids is 1. The molecule has 0 spiro atoms. The number of aliphatic carboxylic acids is 1. The summed E-state index contributed by atoms with van der Waals surface area (Å²) in [6.45, 7) is -0.429. The number of carbonyl (C=O) groups is 2. The number of nitro groups is 1. The topological polar surface area (TPSA) is 151 Å². The molecule has 1 aromatic rings. The zero-order valence-electron chi connectivity index (χ0n) is 12.5. The predicted octanol–water partition coefficient (Wildman–Crippen LogP) is 0.457. The number of carboxylic acids is 1. The molecule has 0 fully saturated rings. The lowest BCUT2D eigenvalue weighted by molar-refractivity contribution is -0.385. The first-order chi connectivity index (χ1) is 10.8. The van der Waals surface area contributed by atoms with Crippen LogP contribution in [0.15, 0.2) is 12.1 Å². The van der Waals surface area contributed by atoms with Gasteiger partial charge in [-0.15, -0.1) is 0 Å². The predicted molar refractivity (Wildman–Crippen MR) is 76.2 cm³/mol. The highest BCUT2D eigenvalue weighted by molar-refractivity contribution is 5.81. The Labute approximate surface area is 130 Å². The molecule has 0 unspecified atom stereocenters. The minimum Gasteiger partial charge on any atom is -0.493 e. The molecule has 0 bridgehead atoms. The van der Waals surface area contributed by atoms with Gasteiger partial charge in [0.1, 0.15) is 12.6 Å². The summed E-state index contributed by atoms with van der Waals surface area (Å²) in [6.07, 6.45) is -0.545. The van der Waals surface area contributed by atoms with Crippen molar-refractivity contribution >= 4 is 17.6 Å². The molecule has 0 radical (unpaired) electrons. The number of nitro benzene ring substituents is 1. The van der Waals surface area contributed by atoms with Crippen LogP contribution in [-0.2, 0) is 20.9 Å². The molecule has 0 amide bonds. The summed E-state index contributed by atoms with van der Waals surface area (Å²) >= 11 is 0. The lowest BCUT2D eigenvalue weighted by Crippen LogP contribution is -2.33. The van der Waals surface area contributed by atoms with E-state index in [0.717, 1.165) is 6.07 Å². The van der Waals surface area contributed by atoms with E-state index in [9.17, 15) is 19.7 Å². The van der Waals surface area contributed by atoms with Crippen LogP contribution in [0.1, 0.15) is 12.0 Å². The Kier molecular flexibility index (Phi) is 6.27. The van der Waals surface area contributed by atoms with Crippen molar-refractivity contribution in [1.29, 1.82) is 0 Å². The molecule has 0 aromatic heterocycles. The molecule has 0 aliphatic rings. The summed E-state index contributed by atoms with van der Waals surface area (Å²) in [5, 5.41) is 19.7. The third-order valence-electron chi connectivity index (χ3n) is 2.87. The second-order valence-corrected chi connectivity index (χ2v) is 4.40. The normalized spacial score (nSPS) is 11.4. The van der Waals surface area contributed by atoms with Crippen LogP contribution in [0, 0.1) is 10.1 Å². The largest absolute Gasteiger partial charge is 0.493 e. The van der Waals surface area contributed by atoms with Gasteiger partial charge in [0.05, 0.1) is 37.2 Å². The zero-order chi connectivity index (χ0) is 17.6. The molecular formula is C13H16N2O8. The van der Waals surface area contributed by atoms with Gasteiger partial charge in [0.2, 0.25) is 0 Å². The van der Waals surface area contributed by atoms with Gasteiger partial charge in [-0.3, -0.25) is 19.7 Å². The number of nitrogens with zero attached hydrogens (tertiary/aromatic N) is 1. The molecule has 10 nitrogen and oxygen atoms in total. The maximum absolute atomic E-state index is 11.5. The van der Waals surface area contributed by atoms with Crippen LogP contribution in [0.3, 0.4) is 0 Å². The summed E-state index contributed by atoms with van der Waals surface area (Å²) in [5.41, 5.74) is 4.96. The van der Waals surface area contributed by atoms with Crippen molar-refractivity contribution < 1.29 is 33.8 Å². The van der Waals surface area contributed by atoms with Crippen molar-refractivity contribution in [1.82, 2.24) is 0 Å². The maximum atomic E-state index is 11.5. The molecule has 0 aliphatic carbocycles.